The number of nitrogens with two attached hydrogens (primary N) is 1. The second-order valence-electron chi connectivity index (χ2n) is 4.37. The minimum Gasteiger partial charge on any atom is -0.384 e. The van der Waals surface area contributed by atoms with Gasteiger partial charge in [-0.25, -0.2) is 9.97 Å². The molecule has 0 bridgehead atoms. The number of aromatic nitrogens is 3. The molecule has 3 rings (SSSR count). The Balaban J connectivity index is 2.38. The predicted octanol–water partition coefficient (Wildman–Crippen LogP) is 2.53. The third-order valence-corrected chi connectivity index (χ3v) is 3.22. The summed E-state index contributed by atoms with van der Waals surface area (Å²) >= 11 is 0. The van der Waals surface area contributed by atoms with E-state index in [0.29, 0.717) is 5.82 Å². The van der Waals surface area contributed by atoms with E-state index >= 15 is 0 Å². The number of rotatable bonds is 1. The van der Waals surface area contributed by atoms with Gasteiger partial charge < -0.3 is 10.3 Å². The number of anilines is 1. The van der Waals surface area contributed by atoms with Crippen molar-refractivity contribution in [2.45, 2.75) is 6.92 Å². The highest BCUT2D eigenvalue weighted by Gasteiger charge is 2.11. The zero-order valence-corrected chi connectivity index (χ0v) is 10.4. The molecule has 0 aliphatic carbocycles. The monoisotopic (exact) mass is 238 g/mol. The second-order valence-corrected chi connectivity index (χ2v) is 4.37. The van der Waals surface area contributed by atoms with Crippen molar-refractivity contribution in [1.29, 1.82) is 0 Å². The summed E-state index contributed by atoms with van der Waals surface area (Å²) in [5, 5.41) is 2.19. The molecule has 0 atom stereocenters. The number of nitrogen functional groups attached to an aromatic ring is 1. The smallest absolute Gasteiger partial charge is 0.124 e. The molecule has 0 saturated heterocycles. The first-order valence-corrected chi connectivity index (χ1v) is 5.81. The Kier molecular flexibility index (Phi) is 2.30. The SMILES string of the molecule is Cc1ncc(-c2nc(N)cc3ccccc23)n1C. The van der Waals surface area contributed by atoms with E-state index in [1.807, 2.05) is 49.0 Å². The summed E-state index contributed by atoms with van der Waals surface area (Å²) < 4.78 is 2.02. The standard InChI is InChI=1S/C14H14N4/c1-9-16-8-12(18(9)2)14-11-6-4-3-5-10(11)7-13(15)17-14/h3-8H,1-2H3,(H2,15,17). The number of hydrogen-bond donors (Lipinski definition) is 1. The Morgan fingerprint density at radius 1 is 1.22 bits per heavy atom. The first kappa shape index (κ1) is 10.8. The van der Waals surface area contributed by atoms with Crippen LogP contribution in [0.15, 0.2) is 36.5 Å². The van der Waals surface area contributed by atoms with Gasteiger partial charge in [0, 0.05) is 12.4 Å². The van der Waals surface area contributed by atoms with Crippen molar-refractivity contribution in [3.05, 3.63) is 42.4 Å². The van der Waals surface area contributed by atoms with Crippen molar-refractivity contribution in [3.63, 3.8) is 0 Å². The Hall–Kier alpha value is -2.36. The van der Waals surface area contributed by atoms with Crippen LogP contribution in [0.4, 0.5) is 5.82 Å². The van der Waals surface area contributed by atoms with Crippen molar-refractivity contribution >= 4 is 16.6 Å². The maximum absolute atomic E-state index is 5.88. The largest absolute Gasteiger partial charge is 0.384 e. The zero-order chi connectivity index (χ0) is 12.7. The molecule has 0 aliphatic heterocycles. The lowest BCUT2D eigenvalue weighted by atomic mass is 10.1. The lowest BCUT2D eigenvalue weighted by Gasteiger charge is -2.08. The first-order valence-electron chi connectivity index (χ1n) is 5.81. The average molecular weight is 238 g/mol. The van der Waals surface area contributed by atoms with E-state index in [9.17, 15) is 0 Å². The van der Waals surface area contributed by atoms with Gasteiger partial charge in [0.15, 0.2) is 0 Å². The van der Waals surface area contributed by atoms with Crippen LogP contribution in [0.1, 0.15) is 5.82 Å². The van der Waals surface area contributed by atoms with Crippen LogP contribution in [0.2, 0.25) is 0 Å². The van der Waals surface area contributed by atoms with Crippen molar-refractivity contribution in [1.82, 2.24) is 14.5 Å². The van der Waals surface area contributed by atoms with E-state index in [-0.39, 0.29) is 0 Å². The summed E-state index contributed by atoms with van der Waals surface area (Å²) in [6, 6.07) is 9.99. The number of fused-ring (bicyclic) bond motifs is 1. The molecule has 2 N–H and O–H groups in total. The summed E-state index contributed by atoms with van der Waals surface area (Å²) in [6.45, 7) is 1.97. The van der Waals surface area contributed by atoms with Gasteiger partial charge in [-0.05, 0) is 18.4 Å². The third kappa shape index (κ3) is 1.54. The zero-order valence-electron chi connectivity index (χ0n) is 10.4. The fraction of sp³-hybridized carbons (Fsp3) is 0.143. The molecule has 2 aromatic heterocycles. The van der Waals surface area contributed by atoms with E-state index in [0.717, 1.165) is 28.0 Å². The Bertz CT molecular complexity index is 728. The van der Waals surface area contributed by atoms with Gasteiger partial charge in [0.25, 0.3) is 0 Å². The first-order chi connectivity index (χ1) is 8.66. The van der Waals surface area contributed by atoms with E-state index in [4.69, 9.17) is 5.73 Å². The van der Waals surface area contributed by atoms with E-state index in [2.05, 4.69) is 16.0 Å². The minimum atomic E-state index is 0.530. The molecule has 0 fully saturated rings. The summed E-state index contributed by atoms with van der Waals surface area (Å²) in [7, 11) is 1.98. The van der Waals surface area contributed by atoms with Crippen LogP contribution in [-0.4, -0.2) is 14.5 Å². The second kappa shape index (κ2) is 3.84. The summed E-state index contributed by atoms with van der Waals surface area (Å²) in [6.07, 6.45) is 1.84. The number of imidazole rings is 1. The summed E-state index contributed by atoms with van der Waals surface area (Å²) in [4.78, 5) is 8.77. The van der Waals surface area contributed by atoms with Gasteiger partial charge in [0.2, 0.25) is 0 Å². The minimum absolute atomic E-state index is 0.530. The van der Waals surface area contributed by atoms with Crippen molar-refractivity contribution < 1.29 is 0 Å². The van der Waals surface area contributed by atoms with Crippen LogP contribution < -0.4 is 5.73 Å². The highest BCUT2D eigenvalue weighted by atomic mass is 15.1. The van der Waals surface area contributed by atoms with Crippen molar-refractivity contribution in [2.24, 2.45) is 7.05 Å². The maximum atomic E-state index is 5.88. The van der Waals surface area contributed by atoms with Gasteiger partial charge in [-0.3, -0.25) is 0 Å². The summed E-state index contributed by atoms with van der Waals surface area (Å²) in [5.41, 5.74) is 7.74. The molecule has 0 amide bonds. The fourth-order valence-corrected chi connectivity index (χ4v) is 2.14. The van der Waals surface area contributed by atoms with Crippen LogP contribution in [0.3, 0.4) is 0 Å². The third-order valence-electron chi connectivity index (χ3n) is 3.22. The van der Waals surface area contributed by atoms with Gasteiger partial charge in [0.05, 0.1) is 17.6 Å². The van der Waals surface area contributed by atoms with Crippen molar-refractivity contribution in [3.8, 4) is 11.4 Å². The lowest BCUT2D eigenvalue weighted by molar-refractivity contribution is 0.863. The number of nitrogens with zero attached hydrogens (tertiary/aromatic N) is 3. The molecule has 3 aromatic rings. The van der Waals surface area contributed by atoms with E-state index in [1.54, 1.807) is 0 Å². The van der Waals surface area contributed by atoms with Crippen LogP contribution in [0.25, 0.3) is 22.2 Å². The fourth-order valence-electron chi connectivity index (χ4n) is 2.14. The molecule has 0 saturated carbocycles. The number of benzene rings is 1. The highest BCUT2D eigenvalue weighted by molar-refractivity contribution is 5.95. The quantitative estimate of drug-likeness (QED) is 0.708. The van der Waals surface area contributed by atoms with E-state index < -0.39 is 0 Å². The molecular formula is C14H14N4. The van der Waals surface area contributed by atoms with Gasteiger partial charge in [-0.2, -0.15) is 0 Å². The molecule has 90 valence electrons. The summed E-state index contributed by atoms with van der Waals surface area (Å²) in [5.74, 6) is 1.49. The number of pyridine rings is 1. The normalized spacial score (nSPS) is 11.0. The molecule has 0 radical (unpaired) electrons. The molecule has 18 heavy (non-hydrogen) atoms. The van der Waals surface area contributed by atoms with Crippen LogP contribution in [-0.2, 0) is 7.05 Å². The molecule has 0 aliphatic rings. The average Bonchev–Trinajstić information content (AvgIpc) is 2.69. The van der Waals surface area contributed by atoms with Gasteiger partial charge in [0.1, 0.15) is 11.6 Å². The van der Waals surface area contributed by atoms with Gasteiger partial charge in [-0.1, -0.05) is 24.3 Å². The highest BCUT2D eigenvalue weighted by Crippen LogP contribution is 2.28. The maximum Gasteiger partial charge on any atom is 0.124 e. The molecule has 4 heteroatoms. The van der Waals surface area contributed by atoms with Crippen LogP contribution in [0.5, 0.6) is 0 Å². The molecular weight excluding hydrogens is 224 g/mol. The van der Waals surface area contributed by atoms with E-state index in [1.165, 1.54) is 0 Å². The molecule has 2 heterocycles. The Morgan fingerprint density at radius 2 is 2.00 bits per heavy atom. The predicted molar refractivity (Wildman–Crippen MR) is 73.1 cm³/mol. The van der Waals surface area contributed by atoms with Crippen LogP contribution in [0, 0.1) is 6.92 Å². The van der Waals surface area contributed by atoms with Gasteiger partial charge in [-0.15, -0.1) is 0 Å². The topological polar surface area (TPSA) is 56.7 Å². The molecule has 1 aromatic carbocycles. The Morgan fingerprint density at radius 3 is 2.72 bits per heavy atom. The lowest BCUT2D eigenvalue weighted by Crippen LogP contribution is -1.99. The number of hydrogen-bond acceptors (Lipinski definition) is 3. The molecule has 0 spiro atoms. The number of aryl methyl sites for hydroxylation is 1. The molecule has 4 nitrogen and oxygen atoms in total. The van der Waals surface area contributed by atoms with Crippen molar-refractivity contribution in [2.75, 3.05) is 5.73 Å². The molecule has 0 unspecified atom stereocenters. The van der Waals surface area contributed by atoms with Gasteiger partial charge >= 0.3 is 0 Å². The van der Waals surface area contributed by atoms with Crippen LogP contribution >= 0.6 is 0 Å². The Labute approximate surface area is 105 Å².